The predicted molar refractivity (Wildman–Crippen MR) is 109 cm³/mol. The lowest BCUT2D eigenvalue weighted by Gasteiger charge is -2.35. The summed E-state index contributed by atoms with van der Waals surface area (Å²) in [7, 11) is 1.86. The van der Waals surface area contributed by atoms with Gasteiger partial charge >= 0.3 is 0 Å². The van der Waals surface area contributed by atoms with Crippen LogP contribution in [-0.2, 0) is 11.2 Å². The second kappa shape index (κ2) is 8.01. The molecule has 2 fully saturated rings. The number of nitrogens with one attached hydrogen (secondary N) is 1. The van der Waals surface area contributed by atoms with Gasteiger partial charge in [-0.05, 0) is 37.4 Å². The van der Waals surface area contributed by atoms with E-state index >= 15 is 0 Å². The van der Waals surface area contributed by atoms with Crippen LogP contribution in [0.4, 0.5) is 5.69 Å². The molecule has 6 heteroatoms. The maximum atomic E-state index is 6.04. The van der Waals surface area contributed by atoms with Gasteiger partial charge in [-0.15, -0.1) is 24.0 Å². The van der Waals surface area contributed by atoms with Crippen LogP contribution in [0, 0.1) is 0 Å². The molecule has 0 aromatic heterocycles. The van der Waals surface area contributed by atoms with E-state index in [-0.39, 0.29) is 30.1 Å². The lowest BCUT2D eigenvalue weighted by molar-refractivity contribution is -0.0452. The van der Waals surface area contributed by atoms with Gasteiger partial charge in [-0.3, -0.25) is 9.89 Å². The SMILES string of the molecule is CN=C(NCC1CN2CCCC2CO1)N1CCc2ccccc21.I. The number of aliphatic imine (C=N–C) groups is 1. The van der Waals surface area contributed by atoms with Crippen LogP contribution in [0.5, 0.6) is 0 Å². The average Bonchev–Trinajstić information content (AvgIpc) is 3.22. The van der Waals surface area contributed by atoms with Gasteiger partial charge in [0, 0.05) is 38.4 Å². The third-order valence-electron chi connectivity index (χ3n) is 5.30. The number of morpholine rings is 1. The van der Waals surface area contributed by atoms with Crippen molar-refractivity contribution in [2.75, 3.05) is 44.7 Å². The van der Waals surface area contributed by atoms with Crippen LogP contribution in [-0.4, -0.2) is 62.8 Å². The number of halogens is 1. The van der Waals surface area contributed by atoms with Crippen LogP contribution in [0.25, 0.3) is 0 Å². The second-order valence-corrected chi connectivity index (χ2v) is 6.70. The Balaban J connectivity index is 0.00000169. The van der Waals surface area contributed by atoms with Crippen molar-refractivity contribution in [3.8, 4) is 0 Å². The summed E-state index contributed by atoms with van der Waals surface area (Å²) < 4.78 is 6.04. The molecule has 3 aliphatic heterocycles. The van der Waals surface area contributed by atoms with E-state index in [1.54, 1.807) is 0 Å². The summed E-state index contributed by atoms with van der Waals surface area (Å²) in [5, 5.41) is 3.53. The molecule has 4 rings (SSSR count). The molecule has 2 saturated heterocycles. The Bertz CT molecular complexity index is 594. The topological polar surface area (TPSA) is 40.1 Å². The predicted octanol–water partition coefficient (Wildman–Crippen LogP) is 2.11. The number of hydrogen-bond acceptors (Lipinski definition) is 3. The summed E-state index contributed by atoms with van der Waals surface area (Å²) in [5.41, 5.74) is 2.69. The summed E-state index contributed by atoms with van der Waals surface area (Å²) in [6, 6.07) is 9.26. The van der Waals surface area contributed by atoms with Gasteiger partial charge in [0.1, 0.15) is 0 Å². The number of ether oxygens (including phenoxy) is 1. The minimum Gasteiger partial charge on any atom is -0.373 e. The molecule has 0 amide bonds. The normalized spacial score (nSPS) is 26.7. The van der Waals surface area contributed by atoms with E-state index in [9.17, 15) is 0 Å². The third-order valence-corrected chi connectivity index (χ3v) is 5.30. The molecule has 0 saturated carbocycles. The first-order valence-electron chi connectivity index (χ1n) is 8.77. The lowest BCUT2D eigenvalue weighted by Crippen LogP contribution is -2.51. The molecular formula is C18H27IN4O. The van der Waals surface area contributed by atoms with Gasteiger partial charge in [0.05, 0.1) is 12.7 Å². The standard InChI is InChI=1S/C18H26N4O.HI/c1-19-18(22-10-8-14-5-2-3-7-17(14)22)20-11-16-12-21-9-4-6-15(21)13-23-16;/h2-3,5,7,15-16H,4,6,8-13H2,1H3,(H,19,20);1H. The summed E-state index contributed by atoms with van der Waals surface area (Å²) in [4.78, 5) is 9.36. The quantitative estimate of drug-likeness (QED) is 0.433. The number of nitrogens with zero attached hydrogens (tertiary/aromatic N) is 3. The number of rotatable bonds is 2. The lowest BCUT2D eigenvalue weighted by atomic mass is 10.2. The summed E-state index contributed by atoms with van der Waals surface area (Å²) in [5.74, 6) is 0.960. The fraction of sp³-hybridized carbons (Fsp3) is 0.611. The maximum Gasteiger partial charge on any atom is 0.198 e. The Hall–Kier alpha value is -0.860. The number of guanidine groups is 1. The number of hydrogen-bond donors (Lipinski definition) is 1. The molecule has 1 aromatic carbocycles. The van der Waals surface area contributed by atoms with Crippen LogP contribution in [0.3, 0.4) is 0 Å². The molecular weight excluding hydrogens is 415 g/mol. The van der Waals surface area contributed by atoms with Gasteiger partial charge in [0.15, 0.2) is 5.96 Å². The van der Waals surface area contributed by atoms with Crippen molar-refractivity contribution in [2.24, 2.45) is 4.99 Å². The van der Waals surface area contributed by atoms with Crippen molar-refractivity contribution in [3.63, 3.8) is 0 Å². The van der Waals surface area contributed by atoms with Crippen LogP contribution >= 0.6 is 24.0 Å². The first-order valence-corrected chi connectivity index (χ1v) is 8.77. The molecule has 3 aliphatic rings. The number of anilines is 1. The van der Waals surface area contributed by atoms with Crippen molar-refractivity contribution in [1.29, 1.82) is 0 Å². The number of benzene rings is 1. The average molecular weight is 442 g/mol. The fourth-order valence-electron chi connectivity index (χ4n) is 4.07. The Labute approximate surface area is 161 Å². The van der Waals surface area contributed by atoms with E-state index < -0.39 is 0 Å². The van der Waals surface area contributed by atoms with E-state index in [0.717, 1.165) is 38.6 Å². The maximum absolute atomic E-state index is 6.04. The summed E-state index contributed by atoms with van der Waals surface area (Å²) >= 11 is 0. The molecule has 0 aliphatic carbocycles. The summed E-state index contributed by atoms with van der Waals surface area (Å²) in [6.07, 6.45) is 3.97. The highest BCUT2D eigenvalue weighted by atomic mass is 127. The van der Waals surface area contributed by atoms with Crippen LogP contribution < -0.4 is 10.2 Å². The van der Waals surface area contributed by atoms with Crippen LogP contribution in [0.15, 0.2) is 29.3 Å². The minimum absolute atomic E-state index is 0. The van der Waals surface area contributed by atoms with Crippen molar-refractivity contribution in [3.05, 3.63) is 29.8 Å². The molecule has 0 bridgehead atoms. The largest absolute Gasteiger partial charge is 0.373 e. The molecule has 2 atom stereocenters. The highest BCUT2D eigenvalue weighted by Crippen LogP contribution is 2.27. The Morgan fingerprint density at radius 3 is 3.08 bits per heavy atom. The van der Waals surface area contributed by atoms with E-state index in [1.807, 2.05) is 7.05 Å². The number of fused-ring (bicyclic) bond motifs is 2. The highest BCUT2D eigenvalue weighted by molar-refractivity contribution is 14.0. The van der Waals surface area contributed by atoms with E-state index in [0.29, 0.717) is 6.04 Å². The molecule has 1 N–H and O–H groups in total. The second-order valence-electron chi connectivity index (χ2n) is 6.70. The van der Waals surface area contributed by atoms with Crippen molar-refractivity contribution < 1.29 is 4.74 Å². The molecule has 5 nitrogen and oxygen atoms in total. The van der Waals surface area contributed by atoms with Gasteiger partial charge in [0.2, 0.25) is 0 Å². The van der Waals surface area contributed by atoms with Crippen LogP contribution in [0.2, 0.25) is 0 Å². The highest BCUT2D eigenvalue weighted by Gasteiger charge is 2.32. The van der Waals surface area contributed by atoms with Crippen LogP contribution in [0.1, 0.15) is 18.4 Å². The third kappa shape index (κ3) is 3.55. The Morgan fingerprint density at radius 2 is 2.21 bits per heavy atom. The molecule has 24 heavy (non-hydrogen) atoms. The molecule has 3 heterocycles. The van der Waals surface area contributed by atoms with Gasteiger partial charge in [-0.25, -0.2) is 0 Å². The molecule has 0 spiro atoms. The van der Waals surface area contributed by atoms with Gasteiger partial charge in [-0.1, -0.05) is 18.2 Å². The Kier molecular flexibility index (Phi) is 5.99. The molecule has 2 unspecified atom stereocenters. The Morgan fingerprint density at radius 1 is 1.33 bits per heavy atom. The monoisotopic (exact) mass is 442 g/mol. The van der Waals surface area contributed by atoms with Crippen molar-refractivity contribution >= 4 is 35.6 Å². The zero-order valence-electron chi connectivity index (χ0n) is 14.3. The molecule has 132 valence electrons. The first kappa shape index (κ1) is 17.9. The molecule has 0 radical (unpaired) electrons. The van der Waals surface area contributed by atoms with E-state index in [4.69, 9.17) is 4.74 Å². The minimum atomic E-state index is 0. The van der Waals surface area contributed by atoms with Gasteiger partial charge in [-0.2, -0.15) is 0 Å². The number of para-hydroxylation sites is 1. The van der Waals surface area contributed by atoms with E-state index in [1.165, 1.54) is 30.6 Å². The zero-order chi connectivity index (χ0) is 15.6. The smallest absolute Gasteiger partial charge is 0.198 e. The van der Waals surface area contributed by atoms with E-state index in [2.05, 4.69) is 44.4 Å². The first-order chi connectivity index (χ1) is 11.3. The summed E-state index contributed by atoms with van der Waals surface area (Å²) in [6.45, 7) is 4.99. The zero-order valence-corrected chi connectivity index (χ0v) is 16.6. The van der Waals surface area contributed by atoms with Gasteiger partial charge in [0.25, 0.3) is 0 Å². The molecule has 1 aromatic rings. The fourth-order valence-corrected chi connectivity index (χ4v) is 4.07. The van der Waals surface area contributed by atoms with Crippen molar-refractivity contribution in [2.45, 2.75) is 31.4 Å². The van der Waals surface area contributed by atoms with Gasteiger partial charge < -0.3 is 15.0 Å². The van der Waals surface area contributed by atoms with Crippen molar-refractivity contribution in [1.82, 2.24) is 10.2 Å².